The van der Waals surface area contributed by atoms with Crippen molar-refractivity contribution in [3.05, 3.63) is 54.1 Å². The van der Waals surface area contributed by atoms with Gasteiger partial charge in [0.05, 0.1) is 17.1 Å². The highest BCUT2D eigenvalue weighted by molar-refractivity contribution is 8.27. The SMILES string of the molecule is CNCCCN1c2cccc(C)c2N(c2ccccc2)S1(O)O. The molecule has 124 valence electrons. The predicted octanol–water partition coefficient (Wildman–Crippen LogP) is 4.14. The van der Waals surface area contributed by atoms with E-state index in [1.165, 1.54) is 0 Å². The van der Waals surface area contributed by atoms with E-state index in [1.807, 2.05) is 62.5 Å². The minimum absolute atomic E-state index is 0.586. The summed E-state index contributed by atoms with van der Waals surface area (Å²) in [4.78, 5) is 0. The Balaban J connectivity index is 2.07. The Kier molecular flexibility index (Phi) is 4.50. The molecule has 0 fully saturated rings. The van der Waals surface area contributed by atoms with Gasteiger partial charge in [-0.05, 0) is 61.7 Å². The van der Waals surface area contributed by atoms with Crippen LogP contribution in [0.15, 0.2) is 48.5 Å². The Morgan fingerprint density at radius 1 is 1.04 bits per heavy atom. The summed E-state index contributed by atoms with van der Waals surface area (Å²) in [6, 6.07) is 15.5. The van der Waals surface area contributed by atoms with Crippen molar-refractivity contribution >= 4 is 28.0 Å². The molecule has 3 rings (SSSR count). The summed E-state index contributed by atoms with van der Waals surface area (Å²) in [6.45, 7) is 3.42. The average molecular weight is 333 g/mol. The molecule has 3 N–H and O–H groups in total. The van der Waals surface area contributed by atoms with Crippen LogP contribution in [0.25, 0.3) is 0 Å². The molecule has 0 spiro atoms. The van der Waals surface area contributed by atoms with Gasteiger partial charge in [0.1, 0.15) is 0 Å². The van der Waals surface area contributed by atoms with Crippen molar-refractivity contribution in [2.24, 2.45) is 0 Å². The molecule has 2 aromatic rings. The molecule has 1 aliphatic heterocycles. The maximum atomic E-state index is 11.0. The van der Waals surface area contributed by atoms with Crippen molar-refractivity contribution in [3.8, 4) is 0 Å². The first kappa shape index (κ1) is 16.1. The van der Waals surface area contributed by atoms with Crippen molar-refractivity contribution in [1.82, 2.24) is 5.32 Å². The van der Waals surface area contributed by atoms with Gasteiger partial charge in [-0.25, -0.2) is 4.31 Å². The first-order chi connectivity index (χ1) is 11.1. The first-order valence-electron chi connectivity index (χ1n) is 7.73. The molecule has 1 aliphatic rings. The largest absolute Gasteiger partial charge is 0.320 e. The summed E-state index contributed by atoms with van der Waals surface area (Å²) in [5.74, 6) is 0. The number of benzene rings is 2. The Morgan fingerprint density at radius 3 is 2.48 bits per heavy atom. The van der Waals surface area contributed by atoms with Crippen LogP contribution in [0.1, 0.15) is 12.0 Å². The Bertz CT molecular complexity index is 679. The molecule has 0 amide bonds. The Hall–Kier alpha value is -1.73. The topological polar surface area (TPSA) is 59.0 Å². The number of rotatable bonds is 5. The third-order valence-electron chi connectivity index (χ3n) is 4.01. The second-order valence-corrected chi connectivity index (χ2v) is 7.41. The predicted molar refractivity (Wildman–Crippen MR) is 98.5 cm³/mol. The summed E-state index contributed by atoms with van der Waals surface area (Å²) in [5.41, 5.74) is 3.58. The fraction of sp³-hybridized carbons (Fsp3) is 0.294. The third kappa shape index (κ3) is 2.79. The highest BCUT2D eigenvalue weighted by atomic mass is 32.3. The molecule has 5 nitrogen and oxygen atoms in total. The van der Waals surface area contributed by atoms with E-state index in [2.05, 4.69) is 5.32 Å². The summed E-state index contributed by atoms with van der Waals surface area (Å²) in [5, 5.41) is 3.10. The molecule has 0 unspecified atom stereocenters. The van der Waals surface area contributed by atoms with E-state index in [9.17, 15) is 9.11 Å². The standard InChI is InChI=1S/C17H23N3O2S/c1-14-8-6-11-16-17(14)20(15-9-4-3-5-10-15)23(21,22)19(16)13-7-12-18-2/h3-6,8-11,18,21-22H,7,12-13H2,1-2H3. The monoisotopic (exact) mass is 333 g/mol. The van der Waals surface area contributed by atoms with Crippen LogP contribution >= 0.6 is 11.0 Å². The van der Waals surface area contributed by atoms with Crippen LogP contribution in [0.4, 0.5) is 17.1 Å². The highest BCUT2D eigenvalue weighted by Gasteiger charge is 2.42. The van der Waals surface area contributed by atoms with Gasteiger partial charge in [-0.3, -0.25) is 13.4 Å². The quantitative estimate of drug-likeness (QED) is 0.718. The van der Waals surface area contributed by atoms with Crippen molar-refractivity contribution in [2.75, 3.05) is 28.7 Å². The van der Waals surface area contributed by atoms with Gasteiger partial charge in [-0.1, -0.05) is 30.3 Å². The number of fused-ring (bicyclic) bond motifs is 1. The molecule has 0 bridgehead atoms. The van der Waals surface area contributed by atoms with Crippen LogP contribution in [0.3, 0.4) is 0 Å². The molecular weight excluding hydrogens is 310 g/mol. The van der Waals surface area contributed by atoms with Gasteiger partial charge in [-0.2, -0.15) is 0 Å². The van der Waals surface area contributed by atoms with Crippen molar-refractivity contribution in [3.63, 3.8) is 0 Å². The minimum Gasteiger partial charge on any atom is -0.320 e. The van der Waals surface area contributed by atoms with Crippen molar-refractivity contribution < 1.29 is 9.11 Å². The van der Waals surface area contributed by atoms with Crippen LogP contribution in [0.2, 0.25) is 0 Å². The van der Waals surface area contributed by atoms with Crippen LogP contribution < -0.4 is 13.9 Å². The molecule has 0 saturated heterocycles. The summed E-state index contributed by atoms with van der Waals surface area (Å²) in [6.07, 6.45) is 0.836. The third-order valence-corrected chi connectivity index (χ3v) is 5.86. The van der Waals surface area contributed by atoms with E-state index in [1.54, 1.807) is 8.61 Å². The summed E-state index contributed by atoms with van der Waals surface area (Å²) in [7, 11) is -1.20. The molecule has 0 aromatic heterocycles. The maximum absolute atomic E-state index is 11.0. The van der Waals surface area contributed by atoms with Crippen LogP contribution in [0.5, 0.6) is 0 Å². The van der Waals surface area contributed by atoms with Gasteiger partial charge >= 0.3 is 0 Å². The van der Waals surface area contributed by atoms with Gasteiger partial charge in [-0.15, -0.1) is 0 Å². The lowest BCUT2D eigenvalue weighted by Gasteiger charge is -2.44. The molecule has 1 heterocycles. The van der Waals surface area contributed by atoms with E-state index in [0.717, 1.165) is 35.6 Å². The van der Waals surface area contributed by atoms with E-state index in [0.29, 0.717) is 6.54 Å². The van der Waals surface area contributed by atoms with Gasteiger partial charge < -0.3 is 5.32 Å². The fourth-order valence-corrected chi connectivity index (χ4v) is 4.81. The molecule has 0 radical (unpaired) electrons. The first-order valence-corrected chi connectivity index (χ1v) is 9.19. The van der Waals surface area contributed by atoms with E-state index < -0.39 is 11.0 Å². The Morgan fingerprint density at radius 2 is 1.78 bits per heavy atom. The van der Waals surface area contributed by atoms with Crippen molar-refractivity contribution in [1.29, 1.82) is 0 Å². The van der Waals surface area contributed by atoms with E-state index >= 15 is 0 Å². The zero-order chi connectivity index (χ0) is 16.4. The fourth-order valence-electron chi connectivity index (χ4n) is 2.94. The molecule has 23 heavy (non-hydrogen) atoms. The number of para-hydroxylation sites is 2. The second kappa shape index (κ2) is 6.41. The Labute approximate surface area is 139 Å². The molecule has 0 saturated carbocycles. The number of aryl methyl sites for hydroxylation is 1. The lowest BCUT2D eigenvalue weighted by molar-refractivity contribution is 0.483. The van der Waals surface area contributed by atoms with Crippen LogP contribution in [0, 0.1) is 6.92 Å². The van der Waals surface area contributed by atoms with Gasteiger partial charge in [0.25, 0.3) is 0 Å². The zero-order valence-corrected chi connectivity index (χ0v) is 14.3. The van der Waals surface area contributed by atoms with Gasteiger partial charge in [0.15, 0.2) is 0 Å². The second-order valence-electron chi connectivity index (χ2n) is 5.62. The molecular formula is C17H23N3O2S. The van der Waals surface area contributed by atoms with Crippen LogP contribution in [-0.2, 0) is 0 Å². The van der Waals surface area contributed by atoms with E-state index in [-0.39, 0.29) is 0 Å². The smallest absolute Gasteiger partial charge is 0.0925 e. The lowest BCUT2D eigenvalue weighted by atomic mass is 10.1. The molecule has 0 atom stereocenters. The summed E-state index contributed by atoms with van der Waals surface area (Å²) < 4.78 is 25.4. The van der Waals surface area contributed by atoms with Gasteiger partial charge in [0, 0.05) is 6.54 Å². The lowest BCUT2D eigenvalue weighted by Crippen LogP contribution is -2.32. The van der Waals surface area contributed by atoms with Crippen LogP contribution in [-0.4, -0.2) is 29.2 Å². The maximum Gasteiger partial charge on any atom is 0.0925 e. The van der Waals surface area contributed by atoms with E-state index in [4.69, 9.17) is 0 Å². The zero-order valence-electron chi connectivity index (χ0n) is 13.4. The number of anilines is 3. The number of nitrogens with one attached hydrogen (secondary N) is 1. The normalized spacial score (nSPS) is 17.2. The number of nitrogens with zero attached hydrogens (tertiary/aromatic N) is 2. The highest BCUT2D eigenvalue weighted by Crippen LogP contribution is 2.64. The molecule has 6 heteroatoms. The number of hydrogen-bond donors (Lipinski definition) is 3. The number of hydrogen-bond acceptors (Lipinski definition) is 5. The average Bonchev–Trinajstić information content (AvgIpc) is 2.77. The molecule has 0 aliphatic carbocycles. The summed E-state index contributed by atoms with van der Waals surface area (Å²) >= 11 is 0. The minimum atomic E-state index is -3.10. The van der Waals surface area contributed by atoms with Crippen molar-refractivity contribution in [2.45, 2.75) is 13.3 Å². The molecule has 2 aromatic carbocycles. The van der Waals surface area contributed by atoms with Gasteiger partial charge in [0.2, 0.25) is 0 Å².